The zero-order valence-corrected chi connectivity index (χ0v) is 11.5. The van der Waals surface area contributed by atoms with Crippen LogP contribution in [0.15, 0.2) is 47.1 Å². The average Bonchev–Trinajstić information content (AvgIpc) is 2.43. The molecule has 0 unspecified atom stereocenters. The molecular weight excluding hydrogens is 244 g/mol. The van der Waals surface area contributed by atoms with Crippen molar-refractivity contribution in [2.45, 2.75) is 13.8 Å². The standard InChI is InChI=1S/C12H14N2O3.C2H6/c1-17-8-11(10(7-13)12(15)16)14-9-5-3-2-4-6-9;1-2/h2-7H,8,13H2,1H3,(H,15,16);1-2H3/b10-7+,14-11?;. The van der Waals surface area contributed by atoms with E-state index in [1.807, 2.05) is 32.0 Å². The first-order valence-electron chi connectivity index (χ1n) is 5.96. The molecule has 0 aliphatic heterocycles. The van der Waals surface area contributed by atoms with E-state index in [-0.39, 0.29) is 17.9 Å². The molecule has 0 amide bonds. The molecule has 3 N–H and O–H groups in total. The van der Waals surface area contributed by atoms with Gasteiger partial charge in [-0.2, -0.15) is 0 Å². The van der Waals surface area contributed by atoms with Gasteiger partial charge in [0.05, 0.1) is 23.6 Å². The third-order valence-electron chi connectivity index (χ3n) is 2.01. The maximum Gasteiger partial charge on any atom is 0.339 e. The van der Waals surface area contributed by atoms with Crippen LogP contribution in [0.1, 0.15) is 13.8 Å². The van der Waals surface area contributed by atoms with Crippen LogP contribution in [0.2, 0.25) is 0 Å². The second-order valence-electron chi connectivity index (χ2n) is 3.21. The molecule has 0 atom stereocenters. The number of carboxylic acids is 1. The highest BCUT2D eigenvalue weighted by Gasteiger charge is 2.14. The van der Waals surface area contributed by atoms with Gasteiger partial charge in [-0.15, -0.1) is 0 Å². The van der Waals surface area contributed by atoms with E-state index in [2.05, 4.69) is 4.99 Å². The largest absolute Gasteiger partial charge is 0.478 e. The number of aliphatic carboxylic acids is 1. The van der Waals surface area contributed by atoms with Crippen molar-refractivity contribution in [3.63, 3.8) is 0 Å². The molecule has 104 valence electrons. The molecule has 19 heavy (non-hydrogen) atoms. The van der Waals surface area contributed by atoms with Gasteiger partial charge in [-0.05, 0) is 12.1 Å². The fourth-order valence-electron chi connectivity index (χ4n) is 1.26. The van der Waals surface area contributed by atoms with Gasteiger partial charge in [0, 0.05) is 13.3 Å². The van der Waals surface area contributed by atoms with E-state index in [4.69, 9.17) is 15.6 Å². The predicted molar refractivity (Wildman–Crippen MR) is 76.7 cm³/mol. The number of carbonyl (C=O) groups is 1. The number of nitrogens with two attached hydrogens (primary N) is 1. The van der Waals surface area contributed by atoms with Crippen molar-refractivity contribution in [3.8, 4) is 0 Å². The molecule has 0 aliphatic rings. The summed E-state index contributed by atoms with van der Waals surface area (Å²) in [5.74, 6) is -1.13. The summed E-state index contributed by atoms with van der Waals surface area (Å²) in [6.07, 6.45) is 1.02. The van der Waals surface area contributed by atoms with Crippen LogP contribution in [0.25, 0.3) is 0 Å². The number of nitrogens with zero attached hydrogens (tertiary/aromatic N) is 1. The molecule has 0 saturated heterocycles. The molecule has 0 aromatic heterocycles. The van der Waals surface area contributed by atoms with Gasteiger partial charge in [-0.3, -0.25) is 4.99 Å². The Kier molecular flexibility index (Phi) is 8.74. The summed E-state index contributed by atoms with van der Waals surface area (Å²) in [6, 6.07) is 9.02. The summed E-state index contributed by atoms with van der Waals surface area (Å²) in [4.78, 5) is 15.2. The molecule has 5 nitrogen and oxygen atoms in total. The Labute approximate surface area is 113 Å². The van der Waals surface area contributed by atoms with Crippen LogP contribution in [0, 0.1) is 0 Å². The number of rotatable bonds is 5. The lowest BCUT2D eigenvalue weighted by Crippen LogP contribution is -2.18. The molecule has 1 aromatic rings. The molecular formula is C14H20N2O3. The van der Waals surface area contributed by atoms with Crippen LogP contribution in [0.4, 0.5) is 5.69 Å². The quantitative estimate of drug-likeness (QED) is 0.631. The van der Waals surface area contributed by atoms with Crippen molar-refractivity contribution in [1.82, 2.24) is 0 Å². The van der Waals surface area contributed by atoms with Crippen molar-refractivity contribution in [3.05, 3.63) is 42.1 Å². The number of methoxy groups -OCH3 is 1. The minimum Gasteiger partial charge on any atom is -0.478 e. The smallest absolute Gasteiger partial charge is 0.339 e. The van der Waals surface area contributed by atoms with Gasteiger partial charge in [0.25, 0.3) is 0 Å². The fourth-order valence-corrected chi connectivity index (χ4v) is 1.26. The van der Waals surface area contributed by atoms with Crippen molar-refractivity contribution in [1.29, 1.82) is 0 Å². The normalized spacial score (nSPS) is 11.5. The van der Waals surface area contributed by atoms with E-state index in [0.29, 0.717) is 5.69 Å². The van der Waals surface area contributed by atoms with E-state index in [1.165, 1.54) is 7.11 Å². The highest BCUT2D eigenvalue weighted by atomic mass is 16.5. The summed E-state index contributed by atoms with van der Waals surface area (Å²) in [7, 11) is 1.47. The zero-order valence-electron chi connectivity index (χ0n) is 11.5. The van der Waals surface area contributed by atoms with Crippen molar-refractivity contribution in [2.75, 3.05) is 13.7 Å². The monoisotopic (exact) mass is 264 g/mol. The van der Waals surface area contributed by atoms with Crippen LogP contribution in [0.5, 0.6) is 0 Å². The third-order valence-corrected chi connectivity index (χ3v) is 2.01. The number of carboxylic acid groups (broad SMARTS) is 1. The second-order valence-corrected chi connectivity index (χ2v) is 3.21. The highest BCUT2D eigenvalue weighted by molar-refractivity contribution is 6.20. The Balaban J connectivity index is 0.00000154. The second kappa shape index (κ2) is 9.85. The van der Waals surface area contributed by atoms with E-state index in [1.54, 1.807) is 12.1 Å². The molecule has 0 spiro atoms. The Morgan fingerprint density at radius 1 is 1.37 bits per heavy atom. The lowest BCUT2D eigenvalue weighted by atomic mass is 10.1. The molecule has 0 saturated carbocycles. The molecule has 0 radical (unpaired) electrons. The summed E-state index contributed by atoms with van der Waals surface area (Å²) >= 11 is 0. The minimum absolute atomic E-state index is 0.0595. The first-order valence-corrected chi connectivity index (χ1v) is 5.96. The summed E-state index contributed by atoms with van der Waals surface area (Å²) in [5.41, 5.74) is 6.16. The Morgan fingerprint density at radius 3 is 2.37 bits per heavy atom. The minimum atomic E-state index is -1.13. The number of hydrogen-bond donors (Lipinski definition) is 2. The molecule has 0 bridgehead atoms. The van der Waals surface area contributed by atoms with E-state index in [0.717, 1.165) is 6.20 Å². The van der Waals surface area contributed by atoms with Gasteiger partial charge in [-0.25, -0.2) is 4.79 Å². The summed E-state index contributed by atoms with van der Waals surface area (Å²) in [5, 5.41) is 8.96. The van der Waals surface area contributed by atoms with Gasteiger partial charge in [0.1, 0.15) is 0 Å². The Bertz CT molecular complexity index is 439. The van der Waals surface area contributed by atoms with Crippen LogP contribution in [-0.4, -0.2) is 30.5 Å². The van der Waals surface area contributed by atoms with Crippen molar-refractivity contribution >= 4 is 17.4 Å². The van der Waals surface area contributed by atoms with Crippen molar-refractivity contribution in [2.24, 2.45) is 10.7 Å². The molecule has 1 aromatic carbocycles. The highest BCUT2D eigenvalue weighted by Crippen LogP contribution is 2.12. The summed E-state index contributed by atoms with van der Waals surface area (Å²) in [6.45, 7) is 4.09. The van der Waals surface area contributed by atoms with Gasteiger partial charge in [0.15, 0.2) is 0 Å². The van der Waals surface area contributed by atoms with Gasteiger partial charge in [-0.1, -0.05) is 32.0 Å². The van der Waals surface area contributed by atoms with E-state index >= 15 is 0 Å². The Hall–Kier alpha value is -2.14. The molecule has 0 aliphatic carbocycles. The Morgan fingerprint density at radius 2 is 1.95 bits per heavy atom. The first-order chi connectivity index (χ1) is 9.19. The maximum atomic E-state index is 11.0. The van der Waals surface area contributed by atoms with Crippen LogP contribution >= 0.6 is 0 Å². The first kappa shape index (κ1) is 16.9. The maximum absolute atomic E-state index is 11.0. The number of ether oxygens (including phenoxy) is 1. The van der Waals surface area contributed by atoms with Crippen molar-refractivity contribution < 1.29 is 14.6 Å². The van der Waals surface area contributed by atoms with Crippen LogP contribution in [0.3, 0.4) is 0 Å². The molecule has 0 fully saturated rings. The van der Waals surface area contributed by atoms with E-state index in [9.17, 15) is 4.79 Å². The van der Waals surface area contributed by atoms with Crippen LogP contribution < -0.4 is 5.73 Å². The predicted octanol–water partition coefficient (Wildman–Crippen LogP) is 2.36. The number of para-hydroxylation sites is 1. The van der Waals surface area contributed by atoms with E-state index < -0.39 is 5.97 Å². The topological polar surface area (TPSA) is 84.9 Å². The molecule has 5 heteroatoms. The number of hydrogen-bond acceptors (Lipinski definition) is 4. The molecule has 1 rings (SSSR count). The van der Waals surface area contributed by atoms with Gasteiger partial charge in [0.2, 0.25) is 0 Å². The average molecular weight is 264 g/mol. The third kappa shape index (κ3) is 5.83. The SMILES string of the molecule is CC.COCC(=Nc1ccccc1)/C(=C\N)C(=O)O. The lowest BCUT2D eigenvalue weighted by Gasteiger charge is -2.05. The van der Waals surface area contributed by atoms with Gasteiger partial charge < -0.3 is 15.6 Å². The fraction of sp³-hybridized carbons (Fsp3) is 0.286. The van der Waals surface area contributed by atoms with Crippen LogP contribution in [-0.2, 0) is 9.53 Å². The number of aliphatic imine (C=N–C) groups is 1. The summed E-state index contributed by atoms with van der Waals surface area (Å²) < 4.78 is 4.92. The van der Waals surface area contributed by atoms with Gasteiger partial charge >= 0.3 is 5.97 Å². The number of benzene rings is 1. The molecule has 0 heterocycles. The lowest BCUT2D eigenvalue weighted by molar-refractivity contribution is -0.132. The zero-order chi connectivity index (χ0) is 14.7.